The van der Waals surface area contributed by atoms with Gasteiger partial charge in [0.25, 0.3) is 0 Å². The van der Waals surface area contributed by atoms with Crippen molar-refractivity contribution in [1.29, 1.82) is 0 Å². The van der Waals surface area contributed by atoms with Gasteiger partial charge in [0.1, 0.15) is 0 Å². The smallest absolute Gasteiger partial charge is 0.0713 e. The summed E-state index contributed by atoms with van der Waals surface area (Å²) in [6.45, 7) is 0. The Labute approximate surface area is 364 Å². The van der Waals surface area contributed by atoms with E-state index >= 15 is 0 Å². The van der Waals surface area contributed by atoms with Crippen LogP contribution in [0.15, 0.2) is 261 Å². The van der Waals surface area contributed by atoms with Crippen LogP contribution in [0.5, 0.6) is 0 Å². The van der Waals surface area contributed by atoms with Crippen molar-refractivity contribution >= 4 is 17.1 Å². The predicted molar refractivity (Wildman–Crippen MR) is 260 cm³/mol. The fourth-order valence-electron chi connectivity index (χ4n) is 9.79. The molecule has 62 heavy (non-hydrogen) atoms. The van der Waals surface area contributed by atoms with Gasteiger partial charge in [-0.3, -0.25) is 0 Å². The number of hydrogen-bond acceptors (Lipinski definition) is 1. The van der Waals surface area contributed by atoms with Gasteiger partial charge < -0.3 is 4.90 Å². The average Bonchev–Trinajstić information content (AvgIpc) is 3.67. The molecule has 0 saturated carbocycles. The van der Waals surface area contributed by atoms with Crippen molar-refractivity contribution in [3.63, 3.8) is 0 Å². The monoisotopic (exact) mass is 789 g/mol. The summed E-state index contributed by atoms with van der Waals surface area (Å²) < 4.78 is 0. The Kier molecular flexibility index (Phi) is 9.48. The van der Waals surface area contributed by atoms with E-state index in [1.807, 2.05) is 0 Å². The van der Waals surface area contributed by atoms with Crippen LogP contribution in [0.3, 0.4) is 0 Å². The number of para-hydroxylation sites is 1. The van der Waals surface area contributed by atoms with Gasteiger partial charge in [0.2, 0.25) is 0 Å². The van der Waals surface area contributed by atoms with Gasteiger partial charge >= 0.3 is 0 Å². The van der Waals surface area contributed by atoms with Crippen molar-refractivity contribution in [1.82, 2.24) is 0 Å². The maximum absolute atomic E-state index is 2.39. The molecule has 0 spiro atoms. The van der Waals surface area contributed by atoms with Gasteiger partial charge in [-0.05, 0) is 120 Å². The molecular weight excluding hydrogens is 747 g/mol. The van der Waals surface area contributed by atoms with Gasteiger partial charge in [0, 0.05) is 17.1 Å². The maximum atomic E-state index is 2.39. The van der Waals surface area contributed by atoms with Gasteiger partial charge in [0.15, 0.2) is 0 Å². The maximum Gasteiger partial charge on any atom is 0.0713 e. The lowest BCUT2D eigenvalue weighted by Gasteiger charge is -2.34. The number of rotatable bonds is 9. The first kappa shape index (κ1) is 37.0. The molecule has 10 aromatic rings. The molecule has 10 aromatic carbocycles. The van der Waals surface area contributed by atoms with Gasteiger partial charge in [-0.2, -0.15) is 0 Å². The van der Waals surface area contributed by atoms with E-state index in [2.05, 4.69) is 266 Å². The molecule has 0 fully saturated rings. The summed E-state index contributed by atoms with van der Waals surface area (Å²) in [4.78, 5) is 2.33. The molecule has 1 aliphatic rings. The predicted octanol–water partition coefficient (Wildman–Crippen LogP) is 16.2. The van der Waals surface area contributed by atoms with E-state index in [1.54, 1.807) is 0 Å². The Morgan fingerprint density at radius 2 is 0.661 bits per heavy atom. The Balaban J connectivity index is 1.03. The molecule has 0 bridgehead atoms. The normalized spacial score (nSPS) is 12.3. The SMILES string of the molecule is c1ccc(-c2ccc(N(c3ccccc3)c3ccc(-c4ccc(-c5cccc6c5-c5ccccc5C6(c5ccccc5)c5ccccc5)c(-c5ccccc5)c4)cc3)cc2)cc1. The van der Waals surface area contributed by atoms with Crippen LogP contribution in [0.4, 0.5) is 17.1 Å². The third-order valence-corrected chi connectivity index (χ3v) is 12.6. The fraction of sp³-hybridized carbons (Fsp3) is 0.0164. The minimum absolute atomic E-state index is 0.462. The summed E-state index contributed by atoms with van der Waals surface area (Å²) in [6.07, 6.45) is 0. The molecule has 0 aromatic heterocycles. The fourth-order valence-corrected chi connectivity index (χ4v) is 9.79. The van der Waals surface area contributed by atoms with Gasteiger partial charge in [-0.1, -0.05) is 218 Å². The zero-order valence-electron chi connectivity index (χ0n) is 34.3. The van der Waals surface area contributed by atoms with Crippen molar-refractivity contribution in [3.05, 3.63) is 283 Å². The Morgan fingerprint density at radius 1 is 0.242 bits per heavy atom. The van der Waals surface area contributed by atoms with E-state index in [-0.39, 0.29) is 0 Å². The van der Waals surface area contributed by atoms with Crippen molar-refractivity contribution in [2.24, 2.45) is 0 Å². The summed E-state index contributed by atoms with van der Waals surface area (Å²) >= 11 is 0. The van der Waals surface area contributed by atoms with E-state index in [0.29, 0.717) is 0 Å². The quantitative estimate of drug-likeness (QED) is 0.141. The van der Waals surface area contributed by atoms with E-state index < -0.39 is 5.41 Å². The van der Waals surface area contributed by atoms with Crippen LogP contribution >= 0.6 is 0 Å². The van der Waals surface area contributed by atoms with Crippen LogP contribution in [-0.2, 0) is 5.41 Å². The summed E-state index contributed by atoms with van der Waals surface area (Å²) in [7, 11) is 0. The van der Waals surface area contributed by atoms with Gasteiger partial charge in [-0.25, -0.2) is 0 Å². The number of fused-ring (bicyclic) bond motifs is 3. The highest BCUT2D eigenvalue weighted by Gasteiger charge is 2.46. The van der Waals surface area contributed by atoms with Crippen LogP contribution in [0.2, 0.25) is 0 Å². The first-order valence-electron chi connectivity index (χ1n) is 21.4. The van der Waals surface area contributed by atoms with Crippen molar-refractivity contribution in [2.75, 3.05) is 4.90 Å². The second-order valence-electron chi connectivity index (χ2n) is 16.0. The van der Waals surface area contributed by atoms with Crippen molar-refractivity contribution in [3.8, 4) is 55.6 Å². The van der Waals surface area contributed by atoms with Crippen LogP contribution < -0.4 is 4.90 Å². The highest BCUT2D eigenvalue weighted by Crippen LogP contribution is 2.58. The number of hydrogen-bond donors (Lipinski definition) is 0. The van der Waals surface area contributed by atoms with E-state index in [9.17, 15) is 0 Å². The van der Waals surface area contributed by atoms with Crippen LogP contribution in [0.25, 0.3) is 55.6 Å². The van der Waals surface area contributed by atoms with E-state index in [0.717, 1.165) is 17.1 Å². The molecule has 0 heterocycles. The molecule has 0 saturated heterocycles. The summed E-state index contributed by atoms with van der Waals surface area (Å²) in [5, 5.41) is 0. The van der Waals surface area contributed by atoms with Crippen LogP contribution in [0.1, 0.15) is 22.3 Å². The summed E-state index contributed by atoms with van der Waals surface area (Å²) in [6, 6.07) is 95.0. The molecule has 1 heteroatoms. The number of benzene rings is 10. The topological polar surface area (TPSA) is 3.24 Å². The highest BCUT2D eigenvalue weighted by atomic mass is 15.1. The molecule has 0 unspecified atom stereocenters. The Hall–Kier alpha value is -8.00. The zero-order chi connectivity index (χ0) is 41.3. The van der Waals surface area contributed by atoms with Crippen molar-refractivity contribution in [2.45, 2.75) is 5.41 Å². The molecule has 11 rings (SSSR count). The molecule has 292 valence electrons. The minimum Gasteiger partial charge on any atom is -0.311 e. The number of nitrogens with zero attached hydrogens (tertiary/aromatic N) is 1. The molecule has 0 aliphatic heterocycles. The largest absolute Gasteiger partial charge is 0.311 e. The lowest BCUT2D eigenvalue weighted by atomic mass is 9.67. The minimum atomic E-state index is -0.462. The molecule has 0 atom stereocenters. The molecule has 0 amide bonds. The van der Waals surface area contributed by atoms with Crippen LogP contribution in [-0.4, -0.2) is 0 Å². The third-order valence-electron chi connectivity index (χ3n) is 12.6. The van der Waals surface area contributed by atoms with Crippen LogP contribution in [0, 0.1) is 0 Å². The number of anilines is 3. The summed E-state index contributed by atoms with van der Waals surface area (Å²) in [5.74, 6) is 0. The first-order valence-corrected chi connectivity index (χ1v) is 21.4. The summed E-state index contributed by atoms with van der Waals surface area (Å²) in [5.41, 5.74) is 20.2. The molecule has 0 N–H and O–H groups in total. The lowest BCUT2D eigenvalue weighted by molar-refractivity contribution is 0.768. The average molecular weight is 790 g/mol. The Bertz CT molecular complexity index is 3080. The molecular formula is C61H43N. The molecule has 1 nitrogen and oxygen atoms in total. The second kappa shape index (κ2) is 15.9. The standard InChI is InChI=1S/C61H43N/c1-6-19-44(20-7-1)45-33-38-52(39-34-45)62(51-27-14-5-15-28-51)53-40-35-46(36-41-53)48-37-42-54(57(43-48)47-21-8-2-9-22-47)55-30-18-32-59-60(55)56-29-16-17-31-58(56)61(59,49-23-10-3-11-24-49)50-25-12-4-13-26-50/h1-43H. The van der Waals surface area contributed by atoms with Gasteiger partial charge in [0.05, 0.1) is 5.41 Å². The zero-order valence-corrected chi connectivity index (χ0v) is 34.3. The molecule has 1 aliphatic carbocycles. The molecule has 0 radical (unpaired) electrons. The van der Waals surface area contributed by atoms with Gasteiger partial charge in [-0.15, -0.1) is 0 Å². The van der Waals surface area contributed by atoms with E-state index in [4.69, 9.17) is 0 Å². The highest BCUT2D eigenvalue weighted by molar-refractivity contribution is 5.99. The van der Waals surface area contributed by atoms with Crippen molar-refractivity contribution < 1.29 is 0 Å². The first-order chi connectivity index (χ1) is 30.8. The lowest BCUT2D eigenvalue weighted by Crippen LogP contribution is -2.28. The Morgan fingerprint density at radius 3 is 1.26 bits per heavy atom. The third kappa shape index (κ3) is 6.35. The van der Waals surface area contributed by atoms with E-state index in [1.165, 1.54) is 77.9 Å². The second-order valence-corrected chi connectivity index (χ2v) is 16.0.